The molecule has 2 rings (SSSR count). The molecule has 0 unspecified atom stereocenters. The van der Waals surface area contributed by atoms with Gasteiger partial charge in [0.1, 0.15) is 0 Å². The van der Waals surface area contributed by atoms with Gasteiger partial charge in [0.05, 0.1) is 0 Å². The van der Waals surface area contributed by atoms with E-state index in [2.05, 4.69) is 76.7 Å². The second kappa shape index (κ2) is 9.04. The third-order valence-corrected chi connectivity index (χ3v) is 5.43. The Balaban J connectivity index is 2.17. The SMILES string of the molecule is C=CCCc1ccc(C(C)(C)c2ccc(CCCCC)c(C)c2)cc1. The van der Waals surface area contributed by atoms with Crippen LogP contribution >= 0.6 is 0 Å². The van der Waals surface area contributed by atoms with E-state index in [1.165, 1.54) is 53.5 Å². The van der Waals surface area contributed by atoms with Gasteiger partial charge in [0.2, 0.25) is 0 Å². The summed E-state index contributed by atoms with van der Waals surface area (Å²) in [5.41, 5.74) is 7.15. The fourth-order valence-electron chi connectivity index (χ4n) is 3.45. The number of benzene rings is 2. The Morgan fingerprint density at radius 3 is 2.20 bits per heavy atom. The highest BCUT2D eigenvalue weighted by Gasteiger charge is 2.23. The smallest absolute Gasteiger partial charge is 0.0146 e. The predicted molar refractivity (Wildman–Crippen MR) is 111 cm³/mol. The van der Waals surface area contributed by atoms with E-state index in [0.29, 0.717) is 0 Å². The minimum atomic E-state index is 0.0314. The highest BCUT2D eigenvalue weighted by molar-refractivity contribution is 5.42. The van der Waals surface area contributed by atoms with Crippen molar-refractivity contribution in [3.63, 3.8) is 0 Å². The second-order valence-electron chi connectivity index (χ2n) is 7.75. The summed E-state index contributed by atoms with van der Waals surface area (Å²) in [5.74, 6) is 0. The minimum Gasteiger partial charge on any atom is -0.103 e. The van der Waals surface area contributed by atoms with Crippen LogP contribution in [0, 0.1) is 6.92 Å². The van der Waals surface area contributed by atoms with Crippen molar-refractivity contribution in [3.8, 4) is 0 Å². The van der Waals surface area contributed by atoms with Gasteiger partial charge in [0.25, 0.3) is 0 Å². The molecular weight excluding hydrogens is 300 g/mol. The van der Waals surface area contributed by atoms with Gasteiger partial charge in [-0.25, -0.2) is 0 Å². The van der Waals surface area contributed by atoms with Crippen LogP contribution in [0.5, 0.6) is 0 Å². The molecular formula is C25H34. The van der Waals surface area contributed by atoms with E-state index in [-0.39, 0.29) is 5.41 Å². The summed E-state index contributed by atoms with van der Waals surface area (Å²) in [6.07, 6.45) is 9.22. The molecule has 0 atom stereocenters. The highest BCUT2D eigenvalue weighted by atomic mass is 14.3. The third kappa shape index (κ3) is 5.08. The summed E-state index contributed by atoms with van der Waals surface area (Å²) in [5, 5.41) is 0. The van der Waals surface area contributed by atoms with Gasteiger partial charge in [-0.3, -0.25) is 0 Å². The summed E-state index contributed by atoms with van der Waals surface area (Å²) >= 11 is 0. The van der Waals surface area contributed by atoms with Crippen molar-refractivity contribution in [1.82, 2.24) is 0 Å². The summed E-state index contributed by atoms with van der Waals surface area (Å²) in [6.45, 7) is 13.0. The van der Waals surface area contributed by atoms with E-state index in [1.54, 1.807) is 0 Å². The van der Waals surface area contributed by atoms with Crippen molar-refractivity contribution >= 4 is 0 Å². The zero-order valence-electron chi connectivity index (χ0n) is 16.6. The number of unbranched alkanes of at least 4 members (excludes halogenated alkanes) is 2. The lowest BCUT2D eigenvalue weighted by Gasteiger charge is -2.27. The van der Waals surface area contributed by atoms with Crippen LogP contribution in [0.2, 0.25) is 0 Å². The maximum absolute atomic E-state index is 3.81. The van der Waals surface area contributed by atoms with Crippen LogP contribution < -0.4 is 0 Å². The molecule has 25 heavy (non-hydrogen) atoms. The third-order valence-electron chi connectivity index (χ3n) is 5.43. The fraction of sp³-hybridized carbons (Fsp3) is 0.440. The van der Waals surface area contributed by atoms with Crippen LogP contribution in [-0.4, -0.2) is 0 Å². The summed E-state index contributed by atoms with van der Waals surface area (Å²) in [6, 6.07) is 16.2. The van der Waals surface area contributed by atoms with Crippen molar-refractivity contribution in [2.75, 3.05) is 0 Å². The molecule has 0 nitrogen and oxygen atoms in total. The van der Waals surface area contributed by atoms with Crippen molar-refractivity contribution in [2.24, 2.45) is 0 Å². The Kier molecular flexibility index (Phi) is 7.05. The number of allylic oxidation sites excluding steroid dienone is 1. The molecule has 0 amide bonds. The first kappa shape index (κ1) is 19.5. The Bertz CT molecular complexity index is 674. The molecule has 0 heteroatoms. The predicted octanol–water partition coefficient (Wildman–Crippen LogP) is 7.17. The first-order valence-electron chi connectivity index (χ1n) is 9.79. The van der Waals surface area contributed by atoms with E-state index in [1.807, 2.05) is 6.08 Å². The normalized spacial score (nSPS) is 11.5. The van der Waals surface area contributed by atoms with Crippen LogP contribution in [0.25, 0.3) is 0 Å². The van der Waals surface area contributed by atoms with Crippen LogP contribution in [0.1, 0.15) is 74.3 Å². The van der Waals surface area contributed by atoms with Crippen molar-refractivity contribution < 1.29 is 0 Å². The van der Waals surface area contributed by atoms with Crippen molar-refractivity contribution in [2.45, 2.75) is 71.6 Å². The van der Waals surface area contributed by atoms with E-state index >= 15 is 0 Å². The lowest BCUT2D eigenvalue weighted by Crippen LogP contribution is -2.19. The van der Waals surface area contributed by atoms with Gasteiger partial charge in [-0.1, -0.05) is 82.2 Å². The first-order valence-corrected chi connectivity index (χ1v) is 9.79. The molecule has 0 spiro atoms. The van der Waals surface area contributed by atoms with Crippen LogP contribution in [0.4, 0.5) is 0 Å². The molecule has 0 aromatic heterocycles. The molecule has 0 aliphatic carbocycles. The van der Waals surface area contributed by atoms with Gasteiger partial charge in [-0.15, -0.1) is 6.58 Å². The molecule has 0 aliphatic heterocycles. The minimum absolute atomic E-state index is 0.0314. The lowest BCUT2D eigenvalue weighted by atomic mass is 9.77. The van der Waals surface area contributed by atoms with E-state index in [9.17, 15) is 0 Å². The molecule has 0 aliphatic rings. The molecule has 0 fully saturated rings. The average Bonchev–Trinajstić information content (AvgIpc) is 2.61. The Morgan fingerprint density at radius 2 is 1.60 bits per heavy atom. The molecule has 0 saturated heterocycles. The van der Waals surface area contributed by atoms with Gasteiger partial charge in [-0.2, -0.15) is 0 Å². The summed E-state index contributed by atoms with van der Waals surface area (Å²) in [4.78, 5) is 0. The summed E-state index contributed by atoms with van der Waals surface area (Å²) < 4.78 is 0. The quantitative estimate of drug-likeness (QED) is 0.337. The van der Waals surface area contributed by atoms with Gasteiger partial charge in [0, 0.05) is 5.41 Å². The van der Waals surface area contributed by atoms with Crippen LogP contribution in [-0.2, 0) is 18.3 Å². The zero-order valence-corrected chi connectivity index (χ0v) is 16.6. The van der Waals surface area contributed by atoms with Gasteiger partial charge < -0.3 is 0 Å². The van der Waals surface area contributed by atoms with Crippen LogP contribution in [0.15, 0.2) is 55.1 Å². The highest BCUT2D eigenvalue weighted by Crippen LogP contribution is 2.33. The number of aryl methyl sites for hydroxylation is 3. The van der Waals surface area contributed by atoms with Gasteiger partial charge in [0.15, 0.2) is 0 Å². The van der Waals surface area contributed by atoms with Gasteiger partial charge in [-0.05, 0) is 60.4 Å². The Morgan fingerprint density at radius 1 is 0.920 bits per heavy atom. The second-order valence-corrected chi connectivity index (χ2v) is 7.75. The molecule has 0 bridgehead atoms. The molecule has 2 aromatic carbocycles. The molecule has 0 radical (unpaired) electrons. The molecule has 0 N–H and O–H groups in total. The molecule has 0 saturated carbocycles. The fourth-order valence-corrected chi connectivity index (χ4v) is 3.45. The van der Waals surface area contributed by atoms with Crippen molar-refractivity contribution in [1.29, 1.82) is 0 Å². The Hall–Kier alpha value is -1.82. The molecule has 134 valence electrons. The maximum Gasteiger partial charge on any atom is 0.0146 e. The standard InChI is InChI=1S/C25H34/c1-6-8-10-12-22-15-18-24(19-20(22)3)25(4,5)23-16-13-21(14-17-23)11-9-7-2/h7,13-19H,2,6,8-12H2,1,3-5H3. The zero-order chi connectivity index (χ0) is 18.3. The van der Waals surface area contributed by atoms with Crippen LogP contribution in [0.3, 0.4) is 0 Å². The van der Waals surface area contributed by atoms with Gasteiger partial charge >= 0.3 is 0 Å². The maximum atomic E-state index is 3.81. The van der Waals surface area contributed by atoms with Crippen molar-refractivity contribution in [3.05, 3.63) is 82.9 Å². The topological polar surface area (TPSA) is 0 Å². The largest absolute Gasteiger partial charge is 0.103 e. The first-order chi connectivity index (χ1) is 12.0. The number of hydrogen-bond acceptors (Lipinski definition) is 0. The average molecular weight is 335 g/mol. The molecule has 0 heterocycles. The lowest BCUT2D eigenvalue weighted by molar-refractivity contribution is 0.638. The number of hydrogen-bond donors (Lipinski definition) is 0. The summed E-state index contributed by atoms with van der Waals surface area (Å²) in [7, 11) is 0. The van der Waals surface area contributed by atoms with E-state index < -0.39 is 0 Å². The molecule has 2 aromatic rings. The Labute approximate surface area is 155 Å². The van der Waals surface area contributed by atoms with E-state index in [0.717, 1.165) is 12.8 Å². The van der Waals surface area contributed by atoms with E-state index in [4.69, 9.17) is 0 Å². The monoisotopic (exact) mass is 334 g/mol. The number of rotatable bonds is 9.